The van der Waals surface area contributed by atoms with Crippen molar-refractivity contribution in [2.45, 2.75) is 17.8 Å². The minimum Gasteiger partial charge on any atom is -0.496 e. The Morgan fingerprint density at radius 3 is 2.85 bits per heavy atom. The first-order valence-electron chi connectivity index (χ1n) is 8.06. The number of imidazole rings is 1. The summed E-state index contributed by atoms with van der Waals surface area (Å²) in [5.41, 5.74) is 2.01. The standard InChI is InChI=1S/C18H19N3O2S3/c1-4-21-16(22)15(26-18(21)24)10-12-5-6-14(23-3)13(9-12)11-25-17-19-7-8-20(17)2/h5-10H,4,11H2,1-3H3. The number of nitrogens with zero attached hydrogens (tertiary/aromatic N) is 3. The predicted octanol–water partition coefficient (Wildman–Crippen LogP) is 3.94. The van der Waals surface area contributed by atoms with Gasteiger partial charge in [0, 0.05) is 37.3 Å². The van der Waals surface area contributed by atoms with Crippen molar-refractivity contribution in [1.82, 2.24) is 14.5 Å². The van der Waals surface area contributed by atoms with Gasteiger partial charge in [-0.25, -0.2) is 4.98 Å². The summed E-state index contributed by atoms with van der Waals surface area (Å²) in [6.45, 7) is 2.52. The van der Waals surface area contributed by atoms with Gasteiger partial charge in [-0.3, -0.25) is 9.69 Å². The maximum Gasteiger partial charge on any atom is 0.266 e. The molecule has 1 fully saturated rings. The van der Waals surface area contributed by atoms with Crippen molar-refractivity contribution < 1.29 is 9.53 Å². The van der Waals surface area contributed by atoms with Crippen LogP contribution in [0, 0.1) is 0 Å². The number of carbonyl (C=O) groups excluding carboxylic acids is 1. The number of aromatic nitrogens is 2. The van der Waals surface area contributed by atoms with E-state index >= 15 is 0 Å². The van der Waals surface area contributed by atoms with Crippen LogP contribution in [-0.4, -0.2) is 38.3 Å². The van der Waals surface area contributed by atoms with E-state index in [1.807, 2.05) is 49.0 Å². The molecule has 3 rings (SSSR count). The molecule has 1 aliphatic heterocycles. The fourth-order valence-electron chi connectivity index (χ4n) is 2.56. The number of methoxy groups -OCH3 is 1. The summed E-state index contributed by atoms with van der Waals surface area (Å²) >= 11 is 8.26. The van der Waals surface area contributed by atoms with Gasteiger partial charge in [0.1, 0.15) is 10.1 Å². The number of rotatable bonds is 6. The van der Waals surface area contributed by atoms with Crippen molar-refractivity contribution in [3.63, 3.8) is 0 Å². The third-order valence-corrected chi connectivity index (χ3v) is 6.41. The van der Waals surface area contributed by atoms with E-state index < -0.39 is 0 Å². The van der Waals surface area contributed by atoms with Crippen LogP contribution in [0.5, 0.6) is 5.75 Å². The minimum atomic E-state index is -0.0257. The normalized spacial score (nSPS) is 16.0. The highest BCUT2D eigenvalue weighted by Gasteiger charge is 2.30. The number of benzene rings is 1. The average Bonchev–Trinajstić information content (AvgIpc) is 3.16. The SMILES string of the molecule is CCN1C(=O)C(=Cc2ccc(OC)c(CSc3nccn3C)c2)SC1=S. The van der Waals surface area contributed by atoms with Gasteiger partial charge in [-0.1, -0.05) is 41.8 Å². The van der Waals surface area contributed by atoms with Gasteiger partial charge >= 0.3 is 0 Å². The lowest BCUT2D eigenvalue weighted by molar-refractivity contribution is -0.121. The number of amides is 1. The summed E-state index contributed by atoms with van der Waals surface area (Å²) in [6.07, 6.45) is 5.60. The number of thiocarbonyl (C=S) groups is 1. The summed E-state index contributed by atoms with van der Waals surface area (Å²) < 4.78 is 8.08. The molecule has 0 saturated carbocycles. The Hall–Kier alpha value is -1.77. The molecular weight excluding hydrogens is 386 g/mol. The fourth-order valence-corrected chi connectivity index (χ4v) is 4.85. The maximum absolute atomic E-state index is 12.4. The third kappa shape index (κ3) is 3.97. The maximum atomic E-state index is 12.4. The van der Waals surface area contributed by atoms with Crippen LogP contribution in [0.2, 0.25) is 0 Å². The minimum absolute atomic E-state index is 0.0257. The Morgan fingerprint density at radius 2 is 2.23 bits per heavy atom. The number of likely N-dealkylation sites (N-methyl/N-ethyl adjacent to an activating group) is 1. The van der Waals surface area contributed by atoms with Gasteiger partial charge < -0.3 is 9.30 Å². The quantitative estimate of drug-likeness (QED) is 0.412. The largest absolute Gasteiger partial charge is 0.496 e. The highest BCUT2D eigenvalue weighted by Crippen LogP contribution is 2.34. The topological polar surface area (TPSA) is 47.4 Å². The van der Waals surface area contributed by atoms with E-state index in [1.54, 1.807) is 30.0 Å². The Labute approximate surface area is 166 Å². The second kappa shape index (κ2) is 8.28. The molecule has 0 N–H and O–H groups in total. The number of ether oxygens (including phenoxy) is 1. The summed E-state index contributed by atoms with van der Waals surface area (Å²) in [4.78, 5) is 19.0. The number of thioether (sulfide) groups is 2. The molecule has 1 aliphatic rings. The van der Waals surface area contributed by atoms with E-state index in [4.69, 9.17) is 17.0 Å². The molecule has 2 heterocycles. The van der Waals surface area contributed by atoms with Crippen LogP contribution in [0.3, 0.4) is 0 Å². The van der Waals surface area contributed by atoms with E-state index in [9.17, 15) is 4.79 Å². The zero-order valence-electron chi connectivity index (χ0n) is 14.8. The number of aryl methyl sites for hydroxylation is 1. The second-order valence-corrected chi connectivity index (χ2v) is 8.22. The van der Waals surface area contributed by atoms with E-state index in [1.165, 1.54) is 11.8 Å². The molecule has 0 aliphatic carbocycles. The van der Waals surface area contributed by atoms with E-state index in [-0.39, 0.29) is 5.91 Å². The lowest BCUT2D eigenvalue weighted by Gasteiger charge is -2.10. The average molecular weight is 406 g/mol. The van der Waals surface area contributed by atoms with Crippen molar-refractivity contribution in [3.8, 4) is 5.75 Å². The molecule has 1 saturated heterocycles. The van der Waals surface area contributed by atoms with Crippen LogP contribution in [-0.2, 0) is 17.6 Å². The fraction of sp³-hybridized carbons (Fsp3) is 0.278. The van der Waals surface area contributed by atoms with E-state index in [2.05, 4.69) is 4.98 Å². The summed E-state index contributed by atoms with van der Waals surface area (Å²) in [5.74, 6) is 1.53. The Kier molecular flexibility index (Phi) is 6.05. The van der Waals surface area contributed by atoms with Gasteiger partial charge in [0.15, 0.2) is 5.16 Å². The molecule has 1 aromatic carbocycles. The van der Waals surface area contributed by atoms with E-state index in [0.29, 0.717) is 15.8 Å². The molecule has 8 heteroatoms. The molecule has 0 atom stereocenters. The molecule has 0 bridgehead atoms. The van der Waals surface area contributed by atoms with Gasteiger partial charge in [0.2, 0.25) is 0 Å². The first-order valence-corrected chi connectivity index (χ1v) is 10.3. The van der Waals surface area contributed by atoms with Gasteiger partial charge in [-0.05, 0) is 30.7 Å². The number of hydrogen-bond donors (Lipinski definition) is 0. The lowest BCUT2D eigenvalue weighted by atomic mass is 10.1. The monoisotopic (exact) mass is 405 g/mol. The number of hydrogen-bond acceptors (Lipinski definition) is 6. The van der Waals surface area contributed by atoms with Crippen molar-refractivity contribution in [1.29, 1.82) is 0 Å². The van der Waals surface area contributed by atoms with E-state index in [0.717, 1.165) is 27.8 Å². The molecule has 2 aromatic rings. The van der Waals surface area contributed by atoms with Gasteiger partial charge in [-0.15, -0.1) is 0 Å². The molecule has 1 aromatic heterocycles. The van der Waals surface area contributed by atoms with Crippen molar-refractivity contribution in [2.75, 3.05) is 13.7 Å². The molecule has 0 radical (unpaired) electrons. The molecule has 5 nitrogen and oxygen atoms in total. The smallest absolute Gasteiger partial charge is 0.266 e. The van der Waals surface area contributed by atoms with Crippen LogP contribution in [0.1, 0.15) is 18.1 Å². The highest BCUT2D eigenvalue weighted by atomic mass is 32.2. The zero-order valence-corrected chi connectivity index (χ0v) is 17.2. The Balaban J connectivity index is 1.83. The highest BCUT2D eigenvalue weighted by molar-refractivity contribution is 8.26. The second-order valence-electron chi connectivity index (χ2n) is 5.61. The summed E-state index contributed by atoms with van der Waals surface area (Å²) in [7, 11) is 3.63. The Bertz CT molecular complexity index is 876. The first kappa shape index (κ1) is 19.0. The van der Waals surface area contributed by atoms with Crippen molar-refractivity contribution in [2.24, 2.45) is 7.05 Å². The predicted molar refractivity (Wildman–Crippen MR) is 111 cm³/mol. The molecule has 0 unspecified atom stereocenters. The zero-order chi connectivity index (χ0) is 18.7. The van der Waals surface area contributed by atoms with Crippen LogP contribution in [0.25, 0.3) is 6.08 Å². The van der Waals surface area contributed by atoms with Gasteiger partial charge in [0.25, 0.3) is 5.91 Å². The molecule has 0 spiro atoms. The van der Waals surface area contributed by atoms with Crippen molar-refractivity contribution >= 4 is 52.0 Å². The van der Waals surface area contributed by atoms with Crippen LogP contribution >= 0.6 is 35.7 Å². The molecular formula is C18H19N3O2S3. The lowest BCUT2D eigenvalue weighted by Crippen LogP contribution is -2.27. The third-order valence-electron chi connectivity index (χ3n) is 3.93. The number of carbonyl (C=O) groups is 1. The molecule has 26 heavy (non-hydrogen) atoms. The molecule has 136 valence electrons. The van der Waals surface area contributed by atoms with Crippen LogP contribution in [0.4, 0.5) is 0 Å². The van der Waals surface area contributed by atoms with Gasteiger partial charge in [0.05, 0.1) is 12.0 Å². The summed E-state index contributed by atoms with van der Waals surface area (Å²) in [5, 5.41) is 0.946. The summed E-state index contributed by atoms with van der Waals surface area (Å²) in [6, 6.07) is 5.93. The first-order chi connectivity index (χ1) is 12.5. The van der Waals surface area contributed by atoms with Gasteiger partial charge in [-0.2, -0.15) is 0 Å². The van der Waals surface area contributed by atoms with Crippen LogP contribution in [0.15, 0.2) is 40.7 Å². The molecule has 1 amide bonds. The van der Waals surface area contributed by atoms with Crippen LogP contribution < -0.4 is 4.74 Å². The Morgan fingerprint density at radius 1 is 1.42 bits per heavy atom. The van der Waals surface area contributed by atoms with Crippen molar-refractivity contribution in [3.05, 3.63) is 46.6 Å².